The zero-order valence-corrected chi connectivity index (χ0v) is 10.1. The molecule has 16 heavy (non-hydrogen) atoms. The second-order valence-electron chi connectivity index (χ2n) is 3.70. The highest BCUT2D eigenvalue weighted by Gasteiger charge is 2.13. The van der Waals surface area contributed by atoms with E-state index in [9.17, 15) is 4.79 Å². The van der Waals surface area contributed by atoms with Gasteiger partial charge in [-0.1, -0.05) is 19.1 Å². The first-order valence-electron chi connectivity index (χ1n) is 5.72. The maximum Gasteiger partial charge on any atom is 0.340 e. The van der Waals surface area contributed by atoms with E-state index in [4.69, 9.17) is 4.74 Å². The fourth-order valence-corrected chi connectivity index (χ4v) is 1.34. The molecule has 0 aliphatic rings. The van der Waals surface area contributed by atoms with Crippen molar-refractivity contribution in [1.29, 1.82) is 0 Å². The normalized spacial score (nSPS) is 11.9. The molecule has 0 bridgehead atoms. The third-order valence-corrected chi connectivity index (χ3v) is 2.40. The number of benzene rings is 1. The quantitative estimate of drug-likeness (QED) is 0.776. The van der Waals surface area contributed by atoms with Crippen molar-refractivity contribution in [3.05, 3.63) is 29.8 Å². The highest BCUT2D eigenvalue weighted by molar-refractivity contribution is 5.95. The van der Waals surface area contributed by atoms with E-state index < -0.39 is 0 Å². The Morgan fingerprint density at radius 2 is 2.06 bits per heavy atom. The standard InChI is InChI=1S/C13H19NO2/c1-4-10(3)16-13(15)11-8-6-7-9-12(11)14-5-2/h6-10,14H,4-5H2,1-3H3. The second kappa shape index (κ2) is 6.16. The Morgan fingerprint density at radius 1 is 1.38 bits per heavy atom. The Bertz CT molecular complexity index is 350. The van der Waals surface area contributed by atoms with Crippen molar-refractivity contribution in [3.8, 4) is 0 Å². The fraction of sp³-hybridized carbons (Fsp3) is 0.462. The molecule has 0 spiro atoms. The minimum absolute atomic E-state index is 0.0396. The van der Waals surface area contributed by atoms with Crippen molar-refractivity contribution >= 4 is 11.7 Å². The molecule has 3 heteroatoms. The summed E-state index contributed by atoms with van der Waals surface area (Å²) < 4.78 is 5.29. The van der Waals surface area contributed by atoms with Crippen LogP contribution in [-0.2, 0) is 4.74 Å². The topological polar surface area (TPSA) is 38.3 Å². The molecule has 0 saturated heterocycles. The van der Waals surface area contributed by atoms with Gasteiger partial charge < -0.3 is 10.1 Å². The van der Waals surface area contributed by atoms with Crippen LogP contribution in [0.4, 0.5) is 5.69 Å². The third-order valence-electron chi connectivity index (χ3n) is 2.40. The van der Waals surface area contributed by atoms with Gasteiger partial charge in [-0.3, -0.25) is 0 Å². The molecule has 0 amide bonds. The zero-order chi connectivity index (χ0) is 12.0. The molecule has 1 unspecified atom stereocenters. The third kappa shape index (κ3) is 3.26. The predicted octanol–water partition coefficient (Wildman–Crippen LogP) is 3.07. The van der Waals surface area contributed by atoms with E-state index in [1.54, 1.807) is 6.07 Å². The summed E-state index contributed by atoms with van der Waals surface area (Å²) in [7, 11) is 0. The largest absolute Gasteiger partial charge is 0.459 e. The maximum absolute atomic E-state index is 11.8. The van der Waals surface area contributed by atoms with Crippen LogP contribution in [0.2, 0.25) is 0 Å². The van der Waals surface area contributed by atoms with Gasteiger partial charge in [0.1, 0.15) is 0 Å². The lowest BCUT2D eigenvalue weighted by molar-refractivity contribution is 0.0335. The molecule has 1 aromatic carbocycles. The molecule has 0 fully saturated rings. The summed E-state index contributed by atoms with van der Waals surface area (Å²) in [5.41, 5.74) is 1.43. The van der Waals surface area contributed by atoms with E-state index in [0.29, 0.717) is 5.56 Å². The molecule has 0 aliphatic heterocycles. The van der Waals surface area contributed by atoms with E-state index >= 15 is 0 Å². The Labute approximate surface area is 96.8 Å². The van der Waals surface area contributed by atoms with Gasteiger partial charge in [0.2, 0.25) is 0 Å². The van der Waals surface area contributed by atoms with Gasteiger partial charge in [0.25, 0.3) is 0 Å². The number of ether oxygens (including phenoxy) is 1. The Hall–Kier alpha value is -1.51. The molecular formula is C13H19NO2. The lowest BCUT2D eigenvalue weighted by Crippen LogP contribution is -2.15. The molecule has 1 atom stereocenters. The average molecular weight is 221 g/mol. The zero-order valence-electron chi connectivity index (χ0n) is 10.1. The molecule has 1 rings (SSSR count). The average Bonchev–Trinajstić information content (AvgIpc) is 2.30. The van der Waals surface area contributed by atoms with Crippen molar-refractivity contribution in [3.63, 3.8) is 0 Å². The van der Waals surface area contributed by atoms with E-state index in [1.807, 2.05) is 39.0 Å². The second-order valence-corrected chi connectivity index (χ2v) is 3.70. The number of carbonyl (C=O) groups is 1. The van der Waals surface area contributed by atoms with Gasteiger partial charge >= 0.3 is 5.97 Å². The molecule has 88 valence electrons. The van der Waals surface area contributed by atoms with Crippen LogP contribution >= 0.6 is 0 Å². The Kier molecular flexibility index (Phi) is 4.83. The highest BCUT2D eigenvalue weighted by atomic mass is 16.5. The highest BCUT2D eigenvalue weighted by Crippen LogP contribution is 2.16. The van der Waals surface area contributed by atoms with Crippen LogP contribution in [0.25, 0.3) is 0 Å². The number of rotatable bonds is 5. The lowest BCUT2D eigenvalue weighted by atomic mass is 10.1. The summed E-state index contributed by atoms with van der Waals surface area (Å²) in [6.45, 7) is 6.67. The summed E-state index contributed by atoms with van der Waals surface area (Å²) >= 11 is 0. The van der Waals surface area contributed by atoms with Crippen LogP contribution in [0.3, 0.4) is 0 Å². The maximum atomic E-state index is 11.8. The predicted molar refractivity (Wildman–Crippen MR) is 65.8 cm³/mol. The van der Waals surface area contributed by atoms with E-state index in [1.165, 1.54) is 0 Å². The Morgan fingerprint density at radius 3 is 2.69 bits per heavy atom. The summed E-state index contributed by atoms with van der Waals surface area (Å²) in [5.74, 6) is -0.258. The summed E-state index contributed by atoms with van der Waals surface area (Å²) in [6, 6.07) is 7.41. The van der Waals surface area contributed by atoms with Gasteiger partial charge in [-0.15, -0.1) is 0 Å². The van der Waals surface area contributed by atoms with Crippen LogP contribution < -0.4 is 5.32 Å². The number of hydrogen-bond donors (Lipinski definition) is 1. The van der Waals surface area contributed by atoms with Crippen molar-refractivity contribution in [1.82, 2.24) is 0 Å². The number of esters is 1. The van der Waals surface area contributed by atoms with Crippen molar-refractivity contribution in [2.45, 2.75) is 33.3 Å². The number of anilines is 1. The van der Waals surface area contributed by atoms with Crippen LogP contribution in [0.5, 0.6) is 0 Å². The molecule has 1 N–H and O–H groups in total. The Balaban J connectivity index is 2.81. The summed E-state index contributed by atoms with van der Waals surface area (Å²) in [5, 5.41) is 3.15. The van der Waals surface area contributed by atoms with E-state index in [0.717, 1.165) is 18.7 Å². The first-order valence-corrected chi connectivity index (χ1v) is 5.72. The summed E-state index contributed by atoms with van der Waals surface area (Å²) in [4.78, 5) is 11.8. The number of para-hydroxylation sites is 1. The molecule has 1 aromatic rings. The minimum atomic E-state index is -0.258. The van der Waals surface area contributed by atoms with Gasteiger partial charge in [0, 0.05) is 12.2 Å². The van der Waals surface area contributed by atoms with Crippen molar-refractivity contribution < 1.29 is 9.53 Å². The van der Waals surface area contributed by atoms with Crippen LogP contribution in [0, 0.1) is 0 Å². The van der Waals surface area contributed by atoms with E-state index in [2.05, 4.69) is 5.32 Å². The fourth-order valence-electron chi connectivity index (χ4n) is 1.34. The molecule has 0 radical (unpaired) electrons. The first kappa shape index (κ1) is 12.6. The molecule has 0 aromatic heterocycles. The number of nitrogens with one attached hydrogen (secondary N) is 1. The SMILES string of the molecule is CCNc1ccccc1C(=O)OC(C)CC. The van der Waals surface area contributed by atoms with Gasteiger partial charge in [0.15, 0.2) is 0 Å². The van der Waals surface area contributed by atoms with Gasteiger partial charge in [0.05, 0.1) is 11.7 Å². The lowest BCUT2D eigenvalue weighted by Gasteiger charge is -2.13. The molecule has 0 aliphatic carbocycles. The van der Waals surface area contributed by atoms with E-state index in [-0.39, 0.29) is 12.1 Å². The molecular weight excluding hydrogens is 202 g/mol. The van der Waals surface area contributed by atoms with Crippen LogP contribution in [0.1, 0.15) is 37.6 Å². The van der Waals surface area contributed by atoms with Crippen LogP contribution in [0.15, 0.2) is 24.3 Å². The number of carbonyl (C=O) groups excluding carboxylic acids is 1. The summed E-state index contributed by atoms with van der Waals surface area (Å²) in [6.07, 6.45) is 0.789. The van der Waals surface area contributed by atoms with Crippen LogP contribution in [-0.4, -0.2) is 18.6 Å². The van der Waals surface area contributed by atoms with Gasteiger partial charge in [-0.2, -0.15) is 0 Å². The molecule has 0 saturated carbocycles. The smallest absolute Gasteiger partial charge is 0.340 e. The minimum Gasteiger partial charge on any atom is -0.459 e. The first-order chi connectivity index (χ1) is 7.69. The monoisotopic (exact) mass is 221 g/mol. The molecule has 0 heterocycles. The number of hydrogen-bond acceptors (Lipinski definition) is 3. The van der Waals surface area contributed by atoms with Crippen molar-refractivity contribution in [2.75, 3.05) is 11.9 Å². The molecule has 3 nitrogen and oxygen atoms in total. The van der Waals surface area contributed by atoms with Gasteiger partial charge in [-0.05, 0) is 32.4 Å². The van der Waals surface area contributed by atoms with Gasteiger partial charge in [-0.25, -0.2) is 4.79 Å². The van der Waals surface area contributed by atoms with Crippen molar-refractivity contribution in [2.24, 2.45) is 0 Å².